The standard InChI is InChI=1S/C18H20N6O7S/c19-16-13-17(21-7-20-16)24(8-22-13)18-15(28)14(27)12(31-18)5-23-32(29,30)6-11(26)9-3-1-2-4-10(9)25/h1-4,7-8,12,14-15,18,23,25,27-28H,5-6H2,(H2,19,20,21)/t12-,14-,15-,18-/m1/s1. The molecule has 1 saturated heterocycles. The maximum Gasteiger partial charge on any atom is 0.219 e. The molecule has 32 heavy (non-hydrogen) atoms. The number of benzene rings is 1. The highest BCUT2D eigenvalue weighted by Crippen LogP contribution is 2.31. The Bertz CT molecular complexity index is 1260. The summed E-state index contributed by atoms with van der Waals surface area (Å²) in [7, 11) is -4.13. The Morgan fingerprint density at radius 1 is 1.19 bits per heavy atom. The minimum Gasteiger partial charge on any atom is -0.507 e. The van der Waals surface area contributed by atoms with Crippen molar-refractivity contribution in [2.75, 3.05) is 18.0 Å². The van der Waals surface area contributed by atoms with E-state index in [0.29, 0.717) is 0 Å². The van der Waals surface area contributed by atoms with E-state index in [-0.39, 0.29) is 28.3 Å². The molecule has 0 radical (unpaired) electrons. The lowest BCUT2D eigenvalue weighted by Gasteiger charge is -2.16. The Labute approximate surface area is 181 Å². The van der Waals surface area contributed by atoms with Crippen molar-refractivity contribution >= 4 is 32.8 Å². The molecule has 0 saturated carbocycles. The number of aliphatic hydroxyl groups is 2. The number of ether oxygens (including phenoxy) is 1. The smallest absolute Gasteiger partial charge is 0.219 e. The van der Waals surface area contributed by atoms with Gasteiger partial charge in [0.2, 0.25) is 10.0 Å². The minimum atomic E-state index is -4.13. The van der Waals surface area contributed by atoms with Crippen LogP contribution in [-0.4, -0.2) is 79.6 Å². The molecule has 3 heterocycles. The Kier molecular flexibility index (Phi) is 5.79. The molecular formula is C18H20N6O7S. The second kappa shape index (κ2) is 8.40. The van der Waals surface area contributed by atoms with Gasteiger partial charge in [-0.05, 0) is 12.1 Å². The lowest BCUT2D eigenvalue weighted by Crippen LogP contribution is -2.41. The number of Topliss-reactive ketones (excluding diaryl/α,β-unsaturated/α-hetero) is 1. The predicted molar refractivity (Wildman–Crippen MR) is 110 cm³/mol. The Morgan fingerprint density at radius 2 is 1.94 bits per heavy atom. The second-order valence-electron chi connectivity index (χ2n) is 7.18. The van der Waals surface area contributed by atoms with Crippen molar-refractivity contribution in [3.8, 4) is 5.75 Å². The summed E-state index contributed by atoms with van der Waals surface area (Å²) in [5, 5.41) is 30.5. The summed E-state index contributed by atoms with van der Waals surface area (Å²) in [5.41, 5.74) is 6.17. The largest absolute Gasteiger partial charge is 0.507 e. The van der Waals surface area contributed by atoms with Gasteiger partial charge in [0.1, 0.15) is 41.7 Å². The fourth-order valence-corrected chi connectivity index (χ4v) is 4.42. The van der Waals surface area contributed by atoms with E-state index >= 15 is 0 Å². The zero-order chi connectivity index (χ0) is 23.0. The van der Waals surface area contributed by atoms with Gasteiger partial charge in [0, 0.05) is 6.54 Å². The number of phenols is 1. The lowest BCUT2D eigenvalue weighted by molar-refractivity contribution is -0.0330. The third kappa shape index (κ3) is 4.13. The molecule has 0 aliphatic carbocycles. The molecule has 0 unspecified atom stereocenters. The van der Waals surface area contributed by atoms with E-state index in [9.17, 15) is 28.5 Å². The number of hydrogen-bond acceptors (Lipinski definition) is 11. The number of nitrogens with two attached hydrogens (primary N) is 1. The number of para-hydroxylation sites is 1. The van der Waals surface area contributed by atoms with Crippen molar-refractivity contribution < 1.29 is 33.3 Å². The first-order chi connectivity index (χ1) is 15.2. The normalized spacial score (nSPS) is 23.6. The van der Waals surface area contributed by atoms with Gasteiger partial charge in [-0.2, -0.15) is 0 Å². The van der Waals surface area contributed by atoms with Crippen LogP contribution < -0.4 is 10.5 Å². The number of sulfonamides is 1. The van der Waals surface area contributed by atoms with E-state index in [1.54, 1.807) is 0 Å². The summed E-state index contributed by atoms with van der Waals surface area (Å²) in [6.45, 7) is -0.408. The molecule has 0 bridgehead atoms. The van der Waals surface area contributed by atoms with Crippen LogP contribution in [0.25, 0.3) is 11.2 Å². The van der Waals surface area contributed by atoms with Crippen LogP contribution in [0.5, 0.6) is 5.75 Å². The molecule has 0 amide bonds. The number of nitrogens with zero attached hydrogens (tertiary/aromatic N) is 4. The second-order valence-corrected chi connectivity index (χ2v) is 8.98. The molecule has 0 spiro atoms. The number of anilines is 1. The quantitative estimate of drug-likeness (QED) is 0.256. The first-order valence-electron chi connectivity index (χ1n) is 9.41. The van der Waals surface area contributed by atoms with Gasteiger partial charge in [0.15, 0.2) is 23.5 Å². The fourth-order valence-electron chi connectivity index (χ4n) is 3.40. The number of fused-ring (bicyclic) bond motifs is 1. The number of nitrogens with one attached hydrogen (secondary N) is 1. The number of rotatable bonds is 7. The molecule has 4 atom stereocenters. The maximum atomic E-state index is 12.3. The Morgan fingerprint density at radius 3 is 2.69 bits per heavy atom. The van der Waals surface area contributed by atoms with Crippen molar-refractivity contribution in [3.05, 3.63) is 42.5 Å². The van der Waals surface area contributed by atoms with Crippen LogP contribution in [0.1, 0.15) is 16.6 Å². The van der Waals surface area contributed by atoms with E-state index in [4.69, 9.17) is 10.5 Å². The molecule has 6 N–H and O–H groups in total. The van der Waals surface area contributed by atoms with Crippen molar-refractivity contribution in [1.82, 2.24) is 24.2 Å². The monoisotopic (exact) mass is 464 g/mol. The summed E-state index contributed by atoms with van der Waals surface area (Å²) in [6.07, 6.45) is -2.56. The van der Waals surface area contributed by atoms with Crippen molar-refractivity contribution in [1.29, 1.82) is 0 Å². The molecule has 1 aromatic carbocycles. The number of ketones is 1. The number of aromatic nitrogens is 4. The van der Waals surface area contributed by atoms with E-state index in [0.717, 1.165) is 0 Å². The van der Waals surface area contributed by atoms with Gasteiger partial charge in [-0.15, -0.1) is 0 Å². The Hall–Kier alpha value is -3.17. The van der Waals surface area contributed by atoms with Crippen molar-refractivity contribution in [3.63, 3.8) is 0 Å². The third-order valence-corrected chi connectivity index (χ3v) is 6.28. The lowest BCUT2D eigenvalue weighted by atomic mass is 10.1. The molecular weight excluding hydrogens is 444 g/mol. The minimum absolute atomic E-state index is 0.125. The molecule has 1 aliphatic rings. The van der Waals surface area contributed by atoms with Gasteiger partial charge < -0.3 is 25.8 Å². The van der Waals surface area contributed by atoms with Crippen LogP contribution in [-0.2, 0) is 14.8 Å². The number of imidazole rings is 1. The van der Waals surface area contributed by atoms with Gasteiger partial charge >= 0.3 is 0 Å². The third-order valence-electron chi connectivity index (χ3n) is 5.03. The molecule has 170 valence electrons. The highest BCUT2D eigenvalue weighted by Gasteiger charge is 2.44. The SMILES string of the molecule is Nc1ncnc2c1ncn2[C@@H]1O[C@H](CNS(=O)(=O)CC(=O)c2ccccc2O)[C@@H](O)[C@H]1O. The topological polar surface area (TPSA) is 203 Å². The van der Waals surface area contributed by atoms with E-state index in [1.807, 2.05) is 0 Å². The number of phenolic OH excluding ortho intramolecular Hbond substituents is 1. The highest BCUT2D eigenvalue weighted by molar-refractivity contribution is 7.90. The van der Waals surface area contributed by atoms with E-state index in [1.165, 1.54) is 41.5 Å². The zero-order valence-electron chi connectivity index (χ0n) is 16.4. The first kappa shape index (κ1) is 22.0. The molecule has 1 aliphatic heterocycles. The molecule has 4 rings (SSSR count). The van der Waals surface area contributed by atoms with Gasteiger partial charge in [0.05, 0.1) is 11.9 Å². The van der Waals surface area contributed by atoms with E-state index in [2.05, 4.69) is 19.7 Å². The molecule has 3 aromatic rings. The highest BCUT2D eigenvalue weighted by atomic mass is 32.2. The summed E-state index contributed by atoms with van der Waals surface area (Å²) in [4.78, 5) is 24.2. The molecule has 13 nitrogen and oxygen atoms in total. The Balaban J connectivity index is 1.44. The van der Waals surface area contributed by atoms with Crippen LogP contribution in [0.4, 0.5) is 5.82 Å². The number of carbonyl (C=O) groups excluding carboxylic acids is 1. The van der Waals surface area contributed by atoms with E-state index < -0.39 is 52.6 Å². The number of carbonyl (C=O) groups is 1. The number of nitrogen functional groups attached to an aromatic ring is 1. The fraction of sp³-hybridized carbons (Fsp3) is 0.333. The van der Waals surface area contributed by atoms with Gasteiger partial charge in [-0.1, -0.05) is 12.1 Å². The summed E-state index contributed by atoms with van der Waals surface area (Å²) in [6, 6.07) is 5.58. The van der Waals surface area contributed by atoms with Crippen LogP contribution >= 0.6 is 0 Å². The average molecular weight is 464 g/mol. The zero-order valence-corrected chi connectivity index (χ0v) is 17.3. The summed E-state index contributed by atoms with van der Waals surface area (Å²) in [5.74, 6) is -1.92. The predicted octanol–water partition coefficient (Wildman–Crippen LogP) is -1.46. The molecule has 2 aromatic heterocycles. The number of aromatic hydroxyl groups is 1. The van der Waals surface area contributed by atoms with Crippen LogP contribution in [0.3, 0.4) is 0 Å². The molecule has 14 heteroatoms. The van der Waals surface area contributed by atoms with Crippen LogP contribution in [0, 0.1) is 0 Å². The number of aliphatic hydroxyl groups excluding tert-OH is 2. The molecule has 1 fully saturated rings. The van der Waals surface area contributed by atoms with Gasteiger partial charge in [-0.3, -0.25) is 9.36 Å². The van der Waals surface area contributed by atoms with Gasteiger partial charge in [0.25, 0.3) is 0 Å². The maximum absolute atomic E-state index is 12.3. The summed E-state index contributed by atoms with van der Waals surface area (Å²) >= 11 is 0. The van der Waals surface area contributed by atoms with Crippen LogP contribution in [0.15, 0.2) is 36.9 Å². The number of hydrogen-bond donors (Lipinski definition) is 5. The first-order valence-corrected chi connectivity index (χ1v) is 11.1. The van der Waals surface area contributed by atoms with Crippen LogP contribution in [0.2, 0.25) is 0 Å². The summed E-state index contributed by atoms with van der Waals surface area (Å²) < 4.78 is 33.9. The van der Waals surface area contributed by atoms with Crippen molar-refractivity contribution in [2.45, 2.75) is 24.5 Å². The average Bonchev–Trinajstić information content (AvgIpc) is 3.29. The van der Waals surface area contributed by atoms with Crippen molar-refractivity contribution in [2.24, 2.45) is 0 Å². The van der Waals surface area contributed by atoms with Gasteiger partial charge in [-0.25, -0.2) is 28.1 Å².